The molecular weight excluding hydrogens is 443 g/mol. The van der Waals surface area contributed by atoms with Crippen LogP contribution in [0.4, 0.5) is 0 Å². The van der Waals surface area contributed by atoms with Gasteiger partial charge in [0.15, 0.2) is 0 Å². The summed E-state index contributed by atoms with van der Waals surface area (Å²) in [6.45, 7) is 7.60. The molecule has 2 N–H and O–H groups in total. The van der Waals surface area contributed by atoms with E-state index in [9.17, 15) is 4.79 Å². The Kier molecular flexibility index (Phi) is 19.4. The predicted molar refractivity (Wildman–Crippen MR) is 127 cm³/mol. The van der Waals surface area contributed by atoms with Gasteiger partial charge < -0.3 is 39.4 Å². The molecule has 0 aromatic heterocycles. The van der Waals surface area contributed by atoms with E-state index in [-0.39, 0.29) is 30.8 Å². The fourth-order valence-corrected chi connectivity index (χ4v) is 3.92. The molecule has 188 valence electrons. The summed E-state index contributed by atoms with van der Waals surface area (Å²) in [5.74, 6) is 0.975. The molecule has 0 radical (unpaired) electrons. The molecule has 1 unspecified atom stereocenters. The normalized spacial score (nSPS) is 11.9. The minimum absolute atomic E-state index is 0. The molecule has 1 aromatic carbocycles. The molecule has 0 spiro atoms. The van der Waals surface area contributed by atoms with Gasteiger partial charge in [0.05, 0.1) is 47.2 Å². The molecular formula is C26H48Cl2N2O2. The van der Waals surface area contributed by atoms with Crippen molar-refractivity contribution in [1.29, 1.82) is 0 Å². The average Bonchev–Trinajstić information content (AvgIpc) is 2.65. The van der Waals surface area contributed by atoms with Crippen molar-refractivity contribution in [2.75, 3.05) is 34.7 Å². The van der Waals surface area contributed by atoms with Crippen molar-refractivity contribution in [3.05, 3.63) is 29.3 Å². The summed E-state index contributed by atoms with van der Waals surface area (Å²) in [5, 5.41) is 0. The summed E-state index contributed by atoms with van der Waals surface area (Å²) >= 11 is 0. The van der Waals surface area contributed by atoms with E-state index in [1.807, 2.05) is 13.0 Å². The van der Waals surface area contributed by atoms with Crippen LogP contribution in [0, 0.1) is 6.92 Å². The summed E-state index contributed by atoms with van der Waals surface area (Å²) in [4.78, 5) is 15.5. The molecule has 0 bridgehead atoms. The quantitative estimate of drug-likeness (QED) is 0.158. The van der Waals surface area contributed by atoms with Crippen molar-refractivity contribution < 1.29 is 44.1 Å². The highest BCUT2D eigenvalue weighted by Gasteiger charge is 2.21. The standard InChI is InChI=1S/C26H46N2O2.2ClH/c1-21(2)24-17-16-22(3)19-25(24)30-26(29)20-23(28(6)7)15-13-11-9-8-10-12-14-18-27(4)5;;/h16-17,19,21,23H,8-15,18,20H2,1-7H3;2*1H. The van der Waals surface area contributed by atoms with Crippen molar-refractivity contribution in [2.45, 2.75) is 90.5 Å². The first-order valence-electron chi connectivity index (χ1n) is 12.1. The molecule has 0 fully saturated rings. The van der Waals surface area contributed by atoms with Gasteiger partial charge in [-0.1, -0.05) is 51.7 Å². The van der Waals surface area contributed by atoms with E-state index in [0.29, 0.717) is 18.4 Å². The number of esters is 1. The van der Waals surface area contributed by atoms with Crippen LogP contribution in [0.5, 0.6) is 5.75 Å². The summed E-state index contributed by atoms with van der Waals surface area (Å²) in [6, 6.07) is 6.49. The molecule has 1 atom stereocenters. The highest BCUT2D eigenvalue weighted by molar-refractivity contribution is 5.73. The highest BCUT2D eigenvalue weighted by atomic mass is 35.5. The lowest BCUT2D eigenvalue weighted by Crippen LogP contribution is -3.10. The van der Waals surface area contributed by atoms with Crippen LogP contribution in [0.1, 0.15) is 88.7 Å². The SMILES string of the molecule is Cc1ccc(C(C)C)c(OC(=O)CC(CCCCCCCCC[NH+](C)C)[NH+](C)C)c1.[Cl-].[Cl-]. The van der Waals surface area contributed by atoms with Crippen LogP contribution in [0.2, 0.25) is 0 Å². The fraction of sp³-hybridized carbons (Fsp3) is 0.731. The number of ether oxygens (including phenoxy) is 1. The van der Waals surface area contributed by atoms with Crippen molar-refractivity contribution in [1.82, 2.24) is 0 Å². The zero-order valence-corrected chi connectivity index (χ0v) is 23.0. The van der Waals surface area contributed by atoms with Crippen LogP contribution < -0.4 is 39.4 Å². The van der Waals surface area contributed by atoms with E-state index in [1.54, 1.807) is 4.90 Å². The minimum atomic E-state index is -0.100. The number of rotatable bonds is 15. The molecule has 0 amide bonds. The molecule has 0 aliphatic heterocycles. The molecule has 1 rings (SSSR count). The minimum Gasteiger partial charge on any atom is -1.00 e. The van der Waals surface area contributed by atoms with Gasteiger partial charge in [-0.2, -0.15) is 0 Å². The number of hydrogen-bond donors (Lipinski definition) is 2. The number of hydrogen-bond acceptors (Lipinski definition) is 2. The Labute approximate surface area is 210 Å². The van der Waals surface area contributed by atoms with E-state index in [2.05, 4.69) is 54.2 Å². The van der Waals surface area contributed by atoms with E-state index in [0.717, 1.165) is 23.3 Å². The maximum Gasteiger partial charge on any atom is 0.317 e. The van der Waals surface area contributed by atoms with E-state index < -0.39 is 0 Å². The Bertz CT molecular complexity index is 622. The van der Waals surface area contributed by atoms with Gasteiger partial charge in [0, 0.05) is 0 Å². The third-order valence-corrected chi connectivity index (χ3v) is 5.97. The monoisotopic (exact) mass is 490 g/mol. The lowest BCUT2D eigenvalue weighted by Gasteiger charge is -2.21. The summed E-state index contributed by atoms with van der Waals surface area (Å²) < 4.78 is 5.81. The number of nitrogens with one attached hydrogen (secondary N) is 2. The molecule has 32 heavy (non-hydrogen) atoms. The Morgan fingerprint density at radius 2 is 1.47 bits per heavy atom. The number of aryl methyl sites for hydroxylation is 1. The van der Waals surface area contributed by atoms with Crippen molar-refractivity contribution >= 4 is 5.97 Å². The van der Waals surface area contributed by atoms with Gasteiger partial charge in [0.25, 0.3) is 0 Å². The molecule has 4 nitrogen and oxygen atoms in total. The van der Waals surface area contributed by atoms with Gasteiger partial charge in [0.1, 0.15) is 5.75 Å². The number of benzene rings is 1. The van der Waals surface area contributed by atoms with Crippen molar-refractivity contribution in [2.24, 2.45) is 0 Å². The first-order valence-corrected chi connectivity index (χ1v) is 12.1. The van der Waals surface area contributed by atoms with Crippen LogP contribution in [0.15, 0.2) is 18.2 Å². The smallest absolute Gasteiger partial charge is 0.317 e. The Morgan fingerprint density at radius 3 is 2.00 bits per heavy atom. The molecule has 1 aromatic rings. The first-order chi connectivity index (χ1) is 14.2. The molecule has 0 saturated heterocycles. The van der Waals surface area contributed by atoms with E-state index >= 15 is 0 Å². The Hall–Kier alpha value is -0.810. The number of halogens is 2. The zero-order chi connectivity index (χ0) is 22.5. The summed E-state index contributed by atoms with van der Waals surface area (Å²) in [7, 11) is 8.75. The predicted octanol–water partition coefficient (Wildman–Crippen LogP) is -2.80. The molecule has 0 heterocycles. The molecule has 6 heteroatoms. The van der Waals surface area contributed by atoms with Gasteiger partial charge in [-0.05, 0) is 55.7 Å². The van der Waals surface area contributed by atoms with Gasteiger partial charge >= 0.3 is 5.97 Å². The lowest BCUT2D eigenvalue weighted by atomic mass is 10.0. The van der Waals surface area contributed by atoms with Crippen LogP contribution in [0.3, 0.4) is 0 Å². The van der Waals surface area contributed by atoms with Crippen molar-refractivity contribution in [3.63, 3.8) is 0 Å². The van der Waals surface area contributed by atoms with Gasteiger partial charge in [0.2, 0.25) is 0 Å². The number of quaternary nitrogens is 2. The van der Waals surface area contributed by atoms with E-state index in [1.165, 1.54) is 56.4 Å². The van der Waals surface area contributed by atoms with Crippen LogP contribution in [0.25, 0.3) is 0 Å². The molecule has 0 saturated carbocycles. The highest BCUT2D eigenvalue weighted by Crippen LogP contribution is 2.28. The Balaban J connectivity index is 0. The maximum atomic E-state index is 12.7. The second-order valence-corrected chi connectivity index (χ2v) is 9.87. The second-order valence-electron chi connectivity index (χ2n) is 9.87. The Morgan fingerprint density at radius 1 is 0.906 bits per heavy atom. The number of carbonyl (C=O) groups excluding carboxylic acids is 1. The summed E-state index contributed by atoms with van der Waals surface area (Å²) in [6.07, 6.45) is 10.8. The third-order valence-electron chi connectivity index (χ3n) is 5.97. The summed E-state index contributed by atoms with van der Waals surface area (Å²) in [5.41, 5.74) is 2.23. The van der Waals surface area contributed by atoms with Crippen LogP contribution >= 0.6 is 0 Å². The first kappa shape index (κ1) is 33.4. The zero-order valence-electron chi connectivity index (χ0n) is 21.5. The molecule has 0 aliphatic rings. The maximum absolute atomic E-state index is 12.7. The number of unbranched alkanes of at least 4 members (excludes halogenated alkanes) is 6. The fourth-order valence-electron chi connectivity index (χ4n) is 3.92. The van der Waals surface area contributed by atoms with Gasteiger partial charge in [-0.25, -0.2) is 0 Å². The van der Waals surface area contributed by atoms with Crippen molar-refractivity contribution in [3.8, 4) is 5.75 Å². The molecule has 0 aliphatic carbocycles. The van der Waals surface area contributed by atoms with Gasteiger partial charge in [-0.3, -0.25) is 4.79 Å². The lowest BCUT2D eigenvalue weighted by molar-refractivity contribution is -0.885. The van der Waals surface area contributed by atoms with E-state index in [4.69, 9.17) is 4.74 Å². The third kappa shape index (κ3) is 14.4. The number of carbonyl (C=O) groups is 1. The average molecular weight is 492 g/mol. The largest absolute Gasteiger partial charge is 1.00 e. The van der Waals surface area contributed by atoms with Crippen LogP contribution in [-0.4, -0.2) is 46.7 Å². The second kappa shape index (κ2) is 18.6. The topological polar surface area (TPSA) is 35.2 Å². The van der Waals surface area contributed by atoms with Crippen LogP contribution in [-0.2, 0) is 4.79 Å². The van der Waals surface area contributed by atoms with Gasteiger partial charge in [-0.15, -0.1) is 0 Å².